The van der Waals surface area contributed by atoms with E-state index >= 15 is 0 Å². The van der Waals surface area contributed by atoms with Crippen molar-refractivity contribution in [3.8, 4) is 0 Å². The van der Waals surface area contributed by atoms with Gasteiger partial charge in [0.2, 0.25) is 0 Å². The first-order valence-corrected chi connectivity index (χ1v) is 4.48. The summed E-state index contributed by atoms with van der Waals surface area (Å²) in [6.45, 7) is 3.11. The molecule has 0 radical (unpaired) electrons. The van der Waals surface area contributed by atoms with E-state index in [1.54, 1.807) is 6.92 Å². The lowest BCUT2D eigenvalue weighted by Crippen LogP contribution is -2.19. The average molecular weight is 209 g/mol. The zero-order chi connectivity index (χ0) is 10.3. The molecule has 0 amide bonds. The number of hydrogen-bond acceptors (Lipinski definition) is 4. The molecule has 1 atom stereocenters. The van der Waals surface area contributed by atoms with E-state index in [0.717, 1.165) is 0 Å². The van der Waals surface area contributed by atoms with Crippen molar-refractivity contribution in [3.05, 3.63) is 0 Å². The van der Waals surface area contributed by atoms with Crippen LogP contribution in [0.15, 0.2) is 0 Å². The first kappa shape index (κ1) is 12.2. The predicted octanol–water partition coefficient (Wildman–Crippen LogP) is 1.11. The minimum Gasteiger partial charge on any atom is -0.464 e. The summed E-state index contributed by atoms with van der Waals surface area (Å²) in [6, 6.07) is 0. The van der Waals surface area contributed by atoms with Gasteiger partial charge in [-0.1, -0.05) is 0 Å². The van der Waals surface area contributed by atoms with E-state index in [2.05, 4.69) is 4.74 Å². The largest absolute Gasteiger partial charge is 0.464 e. The number of hydrogen-bond donors (Lipinski definition) is 0. The van der Waals surface area contributed by atoms with Crippen molar-refractivity contribution >= 4 is 23.5 Å². The van der Waals surface area contributed by atoms with Crippen LogP contribution in [-0.4, -0.2) is 30.5 Å². The van der Waals surface area contributed by atoms with Crippen LogP contribution in [0.3, 0.4) is 0 Å². The Kier molecular flexibility index (Phi) is 6.32. The van der Waals surface area contributed by atoms with Gasteiger partial charge in [-0.2, -0.15) is 0 Å². The summed E-state index contributed by atoms with van der Waals surface area (Å²) in [7, 11) is 0. The van der Waals surface area contributed by atoms with Gasteiger partial charge in [-0.15, -0.1) is 11.6 Å². The molecular weight excluding hydrogens is 196 g/mol. The molecule has 0 aromatic carbocycles. The number of carbonyl (C=O) groups excluding carboxylic acids is 2. The summed E-state index contributed by atoms with van der Waals surface area (Å²) in [4.78, 5) is 21.4. The topological polar surface area (TPSA) is 52.6 Å². The number of ether oxygens (including phenoxy) is 2. The molecule has 0 bridgehead atoms. The van der Waals surface area contributed by atoms with E-state index in [9.17, 15) is 9.59 Å². The quantitative estimate of drug-likeness (QED) is 0.502. The zero-order valence-electron chi connectivity index (χ0n) is 7.71. The summed E-state index contributed by atoms with van der Waals surface area (Å²) < 4.78 is 9.41. The van der Waals surface area contributed by atoms with Crippen LogP contribution >= 0.6 is 11.6 Å². The molecule has 0 rings (SSSR count). The Morgan fingerprint density at radius 3 is 2.54 bits per heavy atom. The van der Waals surface area contributed by atoms with Crippen molar-refractivity contribution < 1.29 is 19.1 Å². The zero-order valence-corrected chi connectivity index (χ0v) is 8.47. The van der Waals surface area contributed by atoms with Gasteiger partial charge >= 0.3 is 11.9 Å². The second kappa shape index (κ2) is 6.71. The van der Waals surface area contributed by atoms with E-state index in [1.165, 1.54) is 6.92 Å². The molecule has 0 aliphatic carbocycles. The first-order chi connectivity index (χ1) is 6.06. The van der Waals surface area contributed by atoms with Crippen molar-refractivity contribution in [2.45, 2.75) is 26.4 Å². The fourth-order valence-electron chi connectivity index (χ4n) is 0.771. The van der Waals surface area contributed by atoms with Gasteiger partial charge in [0, 0.05) is 6.92 Å². The lowest BCUT2D eigenvalue weighted by molar-refractivity contribution is -0.152. The van der Waals surface area contributed by atoms with Crippen molar-refractivity contribution in [1.29, 1.82) is 0 Å². The van der Waals surface area contributed by atoms with Crippen LogP contribution < -0.4 is 0 Å². The molecule has 0 aliphatic heterocycles. The molecule has 0 fully saturated rings. The summed E-state index contributed by atoms with van der Waals surface area (Å²) in [6.07, 6.45) is -0.378. The van der Waals surface area contributed by atoms with Crippen molar-refractivity contribution in [2.75, 3.05) is 12.5 Å². The van der Waals surface area contributed by atoms with Gasteiger partial charge in [0.25, 0.3) is 0 Å². The Morgan fingerprint density at radius 1 is 1.46 bits per heavy atom. The van der Waals surface area contributed by atoms with Crippen LogP contribution in [0.5, 0.6) is 0 Å². The smallest absolute Gasteiger partial charge is 0.309 e. The fraction of sp³-hybridized carbons (Fsp3) is 0.750. The molecule has 76 valence electrons. The fourth-order valence-corrected chi connectivity index (χ4v) is 0.848. The Hall–Kier alpha value is -0.770. The molecule has 0 heterocycles. The van der Waals surface area contributed by atoms with Gasteiger partial charge in [-0.3, -0.25) is 9.59 Å². The molecule has 0 spiro atoms. The van der Waals surface area contributed by atoms with E-state index in [4.69, 9.17) is 16.3 Å². The molecule has 1 unspecified atom stereocenters. The maximum atomic E-state index is 10.9. The lowest BCUT2D eigenvalue weighted by Gasteiger charge is -2.10. The molecular formula is C8H13ClO4. The maximum absolute atomic E-state index is 10.9. The van der Waals surface area contributed by atoms with Crippen LogP contribution in [0.1, 0.15) is 20.3 Å². The van der Waals surface area contributed by atoms with Crippen LogP contribution in [0.2, 0.25) is 0 Å². The normalized spacial score (nSPS) is 11.9. The van der Waals surface area contributed by atoms with Gasteiger partial charge in [0.15, 0.2) is 0 Å². The molecule has 0 aromatic rings. The molecule has 0 saturated carbocycles. The molecule has 4 nitrogen and oxygen atoms in total. The van der Waals surface area contributed by atoms with Crippen LogP contribution in [0, 0.1) is 0 Å². The Morgan fingerprint density at radius 2 is 2.08 bits per heavy atom. The third-order valence-electron chi connectivity index (χ3n) is 1.16. The van der Waals surface area contributed by atoms with E-state index in [1.807, 2.05) is 0 Å². The Bertz CT molecular complexity index is 181. The van der Waals surface area contributed by atoms with Crippen LogP contribution in [0.4, 0.5) is 0 Å². The number of carbonyl (C=O) groups is 2. The van der Waals surface area contributed by atoms with Gasteiger partial charge < -0.3 is 9.47 Å². The van der Waals surface area contributed by atoms with E-state index in [-0.39, 0.29) is 18.9 Å². The lowest BCUT2D eigenvalue weighted by atomic mass is 10.3. The molecule has 13 heavy (non-hydrogen) atoms. The molecule has 5 heteroatoms. The van der Waals surface area contributed by atoms with Crippen LogP contribution in [0.25, 0.3) is 0 Å². The molecule has 0 saturated heterocycles. The number of esters is 2. The second-order valence-electron chi connectivity index (χ2n) is 2.53. The predicted molar refractivity (Wildman–Crippen MR) is 47.5 cm³/mol. The summed E-state index contributed by atoms with van der Waals surface area (Å²) in [5.41, 5.74) is 0. The molecule has 0 aliphatic rings. The summed E-state index contributed by atoms with van der Waals surface area (Å²) >= 11 is 5.30. The van der Waals surface area contributed by atoms with Crippen molar-refractivity contribution in [1.82, 2.24) is 0 Å². The van der Waals surface area contributed by atoms with Crippen LogP contribution in [-0.2, 0) is 19.1 Å². The highest BCUT2D eigenvalue weighted by Gasteiger charge is 2.12. The first-order valence-electron chi connectivity index (χ1n) is 3.95. The number of halogens is 1. The molecule has 0 aromatic heterocycles. The minimum absolute atomic E-state index is 0.0659. The van der Waals surface area contributed by atoms with Gasteiger partial charge in [0.1, 0.15) is 12.7 Å². The highest BCUT2D eigenvalue weighted by atomic mass is 35.5. The number of alkyl halides is 1. The van der Waals surface area contributed by atoms with E-state index in [0.29, 0.717) is 0 Å². The third-order valence-corrected chi connectivity index (χ3v) is 1.32. The third kappa shape index (κ3) is 7.59. The van der Waals surface area contributed by atoms with Gasteiger partial charge in [-0.05, 0) is 6.92 Å². The Balaban J connectivity index is 3.59. The summed E-state index contributed by atoms with van der Waals surface area (Å²) in [5.74, 6) is -0.541. The van der Waals surface area contributed by atoms with Gasteiger partial charge in [0.05, 0.1) is 12.3 Å². The SMILES string of the molecule is CC(=O)OC(C)CC(=O)OCCCl. The second-order valence-corrected chi connectivity index (χ2v) is 2.91. The summed E-state index contributed by atoms with van der Waals surface area (Å²) in [5, 5.41) is 0. The maximum Gasteiger partial charge on any atom is 0.309 e. The van der Waals surface area contributed by atoms with Crippen molar-refractivity contribution in [2.24, 2.45) is 0 Å². The standard InChI is InChI=1S/C8H13ClO4/c1-6(13-7(2)10)5-8(11)12-4-3-9/h6H,3-5H2,1-2H3. The Labute approximate surface area is 82.1 Å². The van der Waals surface area contributed by atoms with Gasteiger partial charge in [-0.25, -0.2) is 0 Å². The average Bonchev–Trinajstić information content (AvgIpc) is 1.98. The highest BCUT2D eigenvalue weighted by molar-refractivity contribution is 6.18. The monoisotopic (exact) mass is 208 g/mol. The minimum atomic E-state index is -0.444. The van der Waals surface area contributed by atoms with E-state index < -0.39 is 18.0 Å². The highest BCUT2D eigenvalue weighted by Crippen LogP contribution is 1.99. The number of rotatable bonds is 5. The van der Waals surface area contributed by atoms with Crippen molar-refractivity contribution in [3.63, 3.8) is 0 Å². The molecule has 0 N–H and O–H groups in total.